The summed E-state index contributed by atoms with van der Waals surface area (Å²) in [7, 11) is -3.77. The molecule has 2 heterocycles. The van der Waals surface area contributed by atoms with E-state index in [1.165, 1.54) is 6.20 Å². The largest absolute Gasteiger partial charge is 0.360 e. The molecule has 4 aromatic rings. The van der Waals surface area contributed by atoms with E-state index in [1.54, 1.807) is 36.4 Å². The zero-order chi connectivity index (χ0) is 16.0. The second kappa shape index (κ2) is 5.19. The SMILES string of the molecule is O=S(=O)(Nc1cccc2nsnc12)c1c[nH]c2cc(Cl)ccc12. The highest BCUT2D eigenvalue weighted by Gasteiger charge is 2.20. The van der Waals surface area contributed by atoms with Crippen molar-refractivity contribution in [1.29, 1.82) is 0 Å². The van der Waals surface area contributed by atoms with Gasteiger partial charge in [0, 0.05) is 22.1 Å². The van der Waals surface area contributed by atoms with Crippen molar-refractivity contribution in [3.8, 4) is 0 Å². The number of aromatic amines is 1. The summed E-state index contributed by atoms with van der Waals surface area (Å²) < 4.78 is 36.3. The Morgan fingerprint density at radius 2 is 2.04 bits per heavy atom. The Hall–Kier alpha value is -2.16. The monoisotopic (exact) mass is 364 g/mol. The summed E-state index contributed by atoms with van der Waals surface area (Å²) in [6, 6.07) is 10.2. The molecule has 2 aromatic heterocycles. The van der Waals surface area contributed by atoms with Gasteiger partial charge in [0.05, 0.1) is 17.4 Å². The molecule has 116 valence electrons. The number of rotatable bonds is 3. The number of fused-ring (bicyclic) bond motifs is 2. The molecule has 6 nitrogen and oxygen atoms in total. The van der Waals surface area contributed by atoms with E-state index in [0.717, 1.165) is 11.7 Å². The fourth-order valence-corrected chi connectivity index (χ4v) is 4.35. The summed E-state index contributed by atoms with van der Waals surface area (Å²) in [5.41, 5.74) is 2.25. The van der Waals surface area contributed by atoms with E-state index in [4.69, 9.17) is 11.6 Å². The van der Waals surface area contributed by atoms with E-state index in [-0.39, 0.29) is 4.90 Å². The number of nitrogens with one attached hydrogen (secondary N) is 2. The van der Waals surface area contributed by atoms with Crippen molar-refractivity contribution >= 4 is 61.0 Å². The van der Waals surface area contributed by atoms with Crippen LogP contribution in [-0.4, -0.2) is 22.1 Å². The van der Waals surface area contributed by atoms with Gasteiger partial charge in [0.15, 0.2) is 0 Å². The zero-order valence-electron chi connectivity index (χ0n) is 11.4. The average Bonchev–Trinajstić information content (AvgIpc) is 3.13. The first-order chi connectivity index (χ1) is 11.0. The van der Waals surface area contributed by atoms with E-state index >= 15 is 0 Å². The first-order valence-electron chi connectivity index (χ1n) is 6.55. The Bertz CT molecular complexity index is 1130. The molecule has 0 amide bonds. The maximum absolute atomic E-state index is 12.7. The van der Waals surface area contributed by atoms with Gasteiger partial charge in [0.2, 0.25) is 0 Å². The molecule has 0 spiro atoms. The summed E-state index contributed by atoms with van der Waals surface area (Å²) in [6.07, 6.45) is 1.45. The summed E-state index contributed by atoms with van der Waals surface area (Å²) in [5.74, 6) is 0. The minimum atomic E-state index is -3.77. The summed E-state index contributed by atoms with van der Waals surface area (Å²) in [4.78, 5) is 3.08. The first kappa shape index (κ1) is 14.4. The van der Waals surface area contributed by atoms with Gasteiger partial charge >= 0.3 is 0 Å². The highest BCUT2D eigenvalue weighted by Crippen LogP contribution is 2.29. The summed E-state index contributed by atoms with van der Waals surface area (Å²) in [6.45, 7) is 0. The molecular formula is C14H9ClN4O2S2. The van der Waals surface area contributed by atoms with E-state index < -0.39 is 10.0 Å². The predicted molar refractivity (Wildman–Crippen MR) is 91.5 cm³/mol. The van der Waals surface area contributed by atoms with Crippen molar-refractivity contribution in [2.75, 3.05) is 4.72 Å². The maximum Gasteiger partial charge on any atom is 0.264 e. The lowest BCUT2D eigenvalue weighted by atomic mass is 10.2. The molecule has 2 N–H and O–H groups in total. The molecule has 0 aliphatic heterocycles. The van der Waals surface area contributed by atoms with Gasteiger partial charge in [0.25, 0.3) is 10.0 Å². The first-order valence-corrected chi connectivity index (χ1v) is 9.14. The Morgan fingerprint density at radius 1 is 1.17 bits per heavy atom. The molecule has 0 aliphatic rings. The van der Waals surface area contributed by atoms with Crippen LogP contribution in [0.25, 0.3) is 21.9 Å². The van der Waals surface area contributed by atoms with E-state index in [0.29, 0.717) is 32.6 Å². The van der Waals surface area contributed by atoms with Gasteiger partial charge in [-0.25, -0.2) is 8.42 Å². The van der Waals surface area contributed by atoms with E-state index in [2.05, 4.69) is 18.5 Å². The third-order valence-corrected chi connectivity index (χ3v) is 5.61. The highest BCUT2D eigenvalue weighted by molar-refractivity contribution is 7.93. The second-order valence-electron chi connectivity index (χ2n) is 4.89. The molecular weight excluding hydrogens is 356 g/mol. The number of H-pyrrole nitrogens is 1. The molecule has 0 aliphatic carbocycles. The highest BCUT2D eigenvalue weighted by atomic mass is 35.5. The molecule has 4 rings (SSSR count). The van der Waals surface area contributed by atoms with Crippen LogP contribution in [0, 0.1) is 0 Å². The molecule has 0 radical (unpaired) electrons. The standard InChI is InChI=1S/C14H9ClN4O2S2/c15-8-4-5-9-12(6-8)16-7-13(9)23(20,21)19-11-3-1-2-10-14(11)18-22-17-10/h1-7,16,19H. The third kappa shape index (κ3) is 2.44. The van der Waals surface area contributed by atoms with Gasteiger partial charge in [-0.3, -0.25) is 4.72 Å². The Morgan fingerprint density at radius 3 is 2.91 bits per heavy atom. The van der Waals surface area contributed by atoms with Crippen molar-refractivity contribution in [2.45, 2.75) is 4.90 Å². The van der Waals surface area contributed by atoms with Gasteiger partial charge in [-0.1, -0.05) is 17.7 Å². The molecule has 0 fully saturated rings. The smallest absolute Gasteiger partial charge is 0.264 e. The second-order valence-corrected chi connectivity index (χ2v) is 7.50. The third-order valence-electron chi connectivity index (χ3n) is 3.43. The van der Waals surface area contributed by atoms with Crippen LogP contribution in [0.4, 0.5) is 5.69 Å². The maximum atomic E-state index is 12.7. The molecule has 0 saturated heterocycles. The minimum Gasteiger partial charge on any atom is -0.360 e. The summed E-state index contributed by atoms with van der Waals surface area (Å²) in [5, 5.41) is 1.11. The normalized spacial score (nSPS) is 12.0. The zero-order valence-corrected chi connectivity index (χ0v) is 13.8. The van der Waals surface area contributed by atoms with Crippen LogP contribution in [-0.2, 0) is 10.0 Å². The lowest BCUT2D eigenvalue weighted by molar-refractivity contribution is 0.602. The fourth-order valence-electron chi connectivity index (χ4n) is 2.38. The molecule has 0 saturated carbocycles. The number of hydrogen-bond donors (Lipinski definition) is 2. The van der Waals surface area contributed by atoms with Crippen molar-refractivity contribution in [1.82, 2.24) is 13.7 Å². The lowest BCUT2D eigenvalue weighted by Crippen LogP contribution is -2.12. The quantitative estimate of drug-likeness (QED) is 0.581. The van der Waals surface area contributed by atoms with E-state index in [9.17, 15) is 8.42 Å². The van der Waals surface area contributed by atoms with Gasteiger partial charge in [-0.05, 0) is 30.3 Å². The molecule has 0 atom stereocenters. The van der Waals surface area contributed by atoms with Crippen molar-refractivity contribution in [3.05, 3.63) is 47.6 Å². The fraction of sp³-hybridized carbons (Fsp3) is 0. The number of anilines is 1. The molecule has 9 heteroatoms. The number of benzene rings is 2. The Balaban J connectivity index is 1.82. The van der Waals surface area contributed by atoms with E-state index in [1.807, 2.05) is 0 Å². The van der Waals surface area contributed by atoms with Crippen LogP contribution >= 0.6 is 23.3 Å². The number of nitrogens with zero attached hydrogens (tertiary/aromatic N) is 2. The van der Waals surface area contributed by atoms with Crippen molar-refractivity contribution in [2.24, 2.45) is 0 Å². The lowest BCUT2D eigenvalue weighted by Gasteiger charge is -2.07. The minimum absolute atomic E-state index is 0.157. The van der Waals surface area contributed by atoms with Gasteiger partial charge in [-0.15, -0.1) is 0 Å². The molecule has 23 heavy (non-hydrogen) atoms. The Kier molecular flexibility index (Phi) is 3.26. The number of sulfonamides is 1. The van der Waals surface area contributed by atoms with Gasteiger partial charge < -0.3 is 4.98 Å². The van der Waals surface area contributed by atoms with Crippen LogP contribution in [0.2, 0.25) is 5.02 Å². The number of halogens is 1. The predicted octanol–water partition coefficient (Wildman–Crippen LogP) is 3.63. The topological polar surface area (TPSA) is 87.7 Å². The Labute approximate surface area is 140 Å². The van der Waals surface area contributed by atoms with Crippen LogP contribution in [0.5, 0.6) is 0 Å². The average molecular weight is 365 g/mol. The van der Waals surface area contributed by atoms with Crippen molar-refractivity contribution < 1.29 is 8.42 Å². The van der Waals surface area contributed by atoms with Crippen LogP contribution in [0.3, 0.4) is 0 Å². The van der Waals surface area contributed by atoms with Crippen LogP contribution in [0.15, 0.2) is 47.5 Å². The number of aromatic nitrogens is 3. The van der Waals surface area contributed by atoms with Gasteiger partial charge in [0.1, 0.15) is 15.9 Å². The number of hydrogen-bond acceptors (Lipinski definition) is 5. The summed E-state index contributed by atoms with van der Waals surface area (Å²) >= 11 is 6.96. The molecule has 2 aromatic carbocycles. The van der Waals surface area contributed by atoms with Crippen LogP contribution in [0.1, 0.15) is 0 Å². The van der Waals surface area contributed by atoms with Gasteiger partial charge in [-0.2, -0.15) is 8.75 Å². The molecule has 0 bridgehead atoms. The van der Waals surface area contributed by atoms with Crippen molar-refractivity contribution in [3.63, 3.8) is 0 Å². The van der Waals surface area contributed by atoms with Crippen LogP contribution < -0.4 is 4.72 Å². The molecule has 0 unspecified atom stereocenters.